The SMILES string of the molecule is O=C(c1cnccc1Cl)N1CCC2(CC1)CC(C(=O)N1CCN(C3CCC3)CC1)C2. The molecule has 2 aliphatic carbocycles. The summed E-state index contributed by atoms with van der Waals surface area (Å²) in [5, 5.41) is 0.460. The normalized spacial score (nSPS) is 25.1. The molecule has 0 aromatic carbocycles. The van der Waals surface area contributed by atoms with Gasteiger partial charge in [-0.2, -0.15) is 0 Å². The molecule has 0 atom stereocenters. The van der Waals surface area contributed by atoms with E-state index in [-0.39, 0.29) is 17.2 Å². The number of carbonyl (C=O) groups is 2. The molecule has 2 saturated carbocycles. The van der Waals surface area contributed by atoms with Crippen LogP contribution in [-0.4, -0.2) is 76.8 Å². The second-order valence-corrected chi connectivity index (χ2v) is 10.1. The van der Waals surface area contributed by atoms with Gasteiger partial charge in [0.05, 0.1) is 10.6 Å². The Labute approximate surface area is 183 Å². The van der Waals surface area contributed by atoms with Crippen molar-refractivity contribution in [3.05, 3.63) is 29.0 Å². The number of rotatable bonds is 3. The van der Waals surface area contributed by atoms with Gasteiger partial charge in [-0.1, -0.05) is 18.0 Å². The first kappa shape index (κ1) is 20.3. The Kier molecular flexibility index (Phi) is 5.48. The monoisotopic (exact) mass is 430 g/mol. The lowest BCUT2D eigenvalue weighted by Gasteiger charge is -2.53. The van der Waals surface area contributed by atoms with E-state index in [4.69, 9.17) is 11.6 Å². The molecule has 3 heterocycles. The van der Waals surface area contributed by atoms with Crippen LogP contribution in [0.5, 0.6) is 0 Å². The maximum absolute atomic E-state index is 13.0. The summed E-state index contributed by atoms with van der Waals surface area (Å²) in [7, 11) is 0. The molecule has 2 saturated heterocycles. The number of hydrogen-bond acceptors (Lipinski definition) is 4. The third kappa shape index (κ3) is 3.73. The average Bonchev–Trinajstić information content (AvgIpc) is 2.71. The van der Waals surface area contributed by atoms with Crippen LogP contribution < -0.4 is 0 Å². The Hall–Kier alpha value is -1.66. The number of nitrogens with zero attached hydrogens (tertiary/aromatic N) is 4. The van der Waals surface area contributed by atoms with Crippen LogP contribution in [0.2, 0.25) is 5.02 Å². The Bertz CT molecular complexity index is 803. The summed E-state index contributed by atoms with van der Waals surface area (Å²) in [6, 6.07) is 2.44. The van der Waals surface area contributed by atoms with E-state index in [0.717, 1.165) is 71.0 Å². The molecule has 4 aliphatic rings. The molecule has 1 aromatic heterocycles. The Balaban J connectivity index is 1.09. The number of piperidine rings is 1. The average molecular weight is 431 g/mol. The molecule has 1 aromatic rings. The van der Waals surface area contributed by atoms with Gasteiger partial charge in [-0.05, 0) is 50.0 Å². The Morgan fingerprint density at radius 2 is 1.70 bits per heavy atom. The highest BCUT2D eigenvalue weighted by atomic mass is 35.5. The van der Waals surface area contributed by atoms with Gasteiger partial charge in [0, 0.05) is 63.6 Å². The Morgan fingerprint density at radius 1 is 1.00 bits per heavy atom. The lowest BCUT2D eigenvalue weighted by Crippen LogP contribution is -2.57. The van der Waals surface area contributed by atoms with Gasteiger partial charge >= 0.3 is 0 Å². The van der Waals surface area contributed by atoms with Crippen molar-refractivity contribution in [1.29, 1.82) is 0 Å². The van der Waals surface area contributed by atoms with Gasteiger partial charge in [0.25, 0.3) is 5.91 Å². The molecule has 162 valence electrons. The van der Waals surface area contributed by atoms with Gasteiger partial charge in [-0.3, -0.25) is 19.5 Å². The number of likely N-dealkylation sites (tertiary alicyclic amines) is 1. The number of piperazine rings is 1. The Morgan fingerprint density at radius 3 is 2.30 bits per heavy atom. The van der Waals surface area contributed by atoms with E-state index in [1.807, 2.05) is 4.90 Å². The van der Waals surface area contributed by atoms with E-state index < -0.39 is 0 Å². The minimum atomic E-state index is -0.0285. The van der Waals surface area contributed by atoms with Crippen LogP contribution in [0.4, 0.5) is 0 Å². The zero-order valence-corrected chi connectivity index (χ0v) is 18.3. The second-order valence-electron chi connectivity index (χ2n) is 9.70. The maximum Gasteiger partial charge on any atom is 0.256 e. The summed E-state index contributed by atoms with van der Waals surface area (Å²) in [5.41, 5.74) is 0.738. The molecule has 2 aliphatic heterocycles. The zero-order valence-electron chi connectivity index (χ0n) is 17.6. The molecule has 5 rings (SSSR count). The topological polar surface area (TPSA) is 56.8 Å². The second kappa shape index (κ2) is 8.12. The van der Waals surface area contributed by atoms with Gasteiger partial charge in [0.15, 0.2) is 0 Å². The fraction of sp³-hybridized carbons (Fsp3) is 0.696. The van der Waals surface area contributed by atoms with E-state index in [9.17, 15) is 9.59 Å². The number of aromatic nitrogens is 1. The summed E-state index contributed by atoms with van der Waals surface area (Å²) in [6.07, 6.45) is 11.1. The highest BCUT2D eigenvalue weighted by Crippen LogP contribution is 2.53. The summed E-state index contributed by atoms with van der Waals surface area (Å²) in [6.45, 7) is 5.36. The summed E-state index contributed by atoms with van der Waals surface area (Å²) < 4.78 is 0. The predicted molar refractivity (Wildman–Crippen MR) is 115 cm³/mol. The van der Waals surface area contributed by atoms with Gasteiger partial charge in [0.2, 0.25) is 5.91 Å². The van der Waals surface area contributed by atoms with E-state index in [1.165, 1.54) is 19.3 Å². The standard InChI is InChI=1S/C23H31ClN4O2/c24-20-4-7-25-16-19(20)22(30)27-8-5-23(6-9-27)14-17(15-23)21(29)28-12-10-26(11-13-28)18-2-1-3-18/h4,7,16-18H,1-3,5-6,8-15H2. The molecule has 0 bridgehead atoms. The van der Waals surface area contributed by atoms with Crippen LogP contribution in [0.3, 0.4) is 0 Å². The molecule has 2 amide bonds. The highest BCUT2D eigenvalue weighted by Gasteiger charge is 2.50. The van der Waals surface area contributed by atoms with E-state index >= 15 is 0 Å². The van der Waals surface area contributed by atoms with Gasteiger partial charge < -0.3 is 9.80 Å². The summed E-state index contributed by atoms with van der Waals surface area (Å²) >= 11 is 6.17. The van der Waals surface area contributed by atoms with Crippen molar-refractivity contribution >= 4 is 23.4 Å². The molecular formula is C23H31ClN4O2. The third-order valence-corrected chi connectivity index (χ3v) is 8.36. The first-order valence-electron chi connectivity index (χ1n) is 11.5. The quantitative estimate of drug-likeness (QED) is 0.739. The first-order chi connectivity index (χ1) is 14.5. The number of pyridine rings is 1. The van der Waals surface area contributed by atoms with E-state index in [2.05, 4.69) is 14.8 Å². The van der Waals surface area contributed by atoms with Crippen molar-refractivity contribution in [3.8, 4) is 0 Å². The number of hydrogen-bond donors (Lipinski definition) is 0. The summed E-state index contributed by atoms with van der Waals surface area (Å²) in [5.74, 6) is 0.532. The van der Waals surface area contributed by atoms with Gasteiger partial charge in [0.1, 0.15) is 0 Å². The van der Waals surface area contributed by atoms with Crippen molar-refractivity contribution in [3.63, 3.8) is 0 Å². The van der Waals surface area contributed by atoms with Crippen LogP contribution in [0, 0.1) is 11.3 Å². The number of halogens is 1. The lowest BCUT2D eigenvalue weighted by molar-refractivity contribution is -0.148. The zero-order chi connectivity index (χ0) is 20.7. The molecule has 30 heavy (non-hydrogen) atoms. The van der Waals surface area contributed by atoms with Crippen LogP contribution in [0.25, 0.3) is 0 Å². The fourth-order valence-electron chi connectivity index (χ4n) is 5.78. The lowest BCUT2D eigenvalue weighted by atomic mass is 9.57. The van der Waals surface area contributed by atoms with E-state index in [1.54, 1.807) is 18.5 Å². The smallest absolute Gasteiger partial charge is 0.256 e. The first-order valence-corrected chi connectivity index (χ1v) is 11.8. The van der Waals surface area contributed by atoms with Gasteiger partial charge in [-0.15, -0.1) is 0 Å². The molecule has 4 fully saturated rings. The highest BCUT2D eigenvalue weighted by molar-refractivity contribution is 6.33. The van der Waals surface area contributed by atoms with Crippen LogP contribution >= 0.6 is 11.6 Å². The molecule has 0 unspecified atom stereocenters. The molecule has 7 heteroatoms. The van der Waals surface area contributed by atoms with Crippen molar-refractivity contribution in [1.82, 2.24) is 19.7 Å². The van der Waals surface area contributed by atoms with Crippen molar-refractivity contribution in [2.24, 2.45) is 11.3 Å². The molecular weight excluding hydrogens is 400 g/mol. The van der Waals surface area contributed by atoms with Gasteiger partial charge in [-0.25, -0.2) is 0 Å². The van der Waals surface area contributed by atoms with Crippen molar-refractivity contribution < 1.29 is 9.59 Å². The van der Waals surface area contributed by atoms with Crippen LogP contribution in [0.1, 0.15) is 55.3 Å². The minimum Gasteiger partial charge on any atom is -0.340 e. The van der Waals surface area contributed by atoms with Crippen LogP contribution in [0.15, 0.2) is 18.5 Å². The third-order valence-electron chi connectivity index (χ3n) is 8.03. The minimum absolute atomic E-state index is 0.0285. The fourth-order valence-corrected chi connectivity index (χ4v) is 5.96. The van der Waals surface area contributed by atoms with Crippen molar-refractivity contribution in [2.75, 3.05) is 39.3 Å². The number of carbonyl (C=O) groups excluding carboxylic acids is 2. The van der Waals surface area contributed by atoms with E-state index in [0.29, 0.717) is 16.5 Å². The number of amides is 2. The largest absolute Gasteiger partial charge is 0.340 e. The van der Waals surface area contributed by atoms with Crippen LogP contribution in [-0.2, 0) is 4.79 Å². The van der Waals surface area contributed by atoms with Crippen molar-refractivity contribution in [2.45, 2.75) is 51.0 Å². The predicted octanol–water partition coefficient (Wildman–Crippen LogP) is 3.06. The maximum atomic E-state index is 13.0. The molecule has 0 radical (unpaired) electrons. The molecule has 6 nitrogen and oxygen atoms in total. The summed E-state index contributed by atoms with van der Waals surface area (Å²) in [4.78, 5) is 36.4. The molecule has 1 spiro atoms. The molecule has 0 N–H and O–H groups in total.